The highest BCUT2D eigenvalue weighted by Gasteiger charge is 2.26. The minimum Gasteiger partial charge on any atom is -0.497 e. The second-order valence-electron chi connectivity index (χ2n) is 6.46. The number of benzene rings is 2. The molecular weight excluding hydrogens is 454 g/mol. The summed E-state index contributed by atoms with van der Waals surface area (Å²) >= 11 is 1.12. The summed E-state index contributed by atoms with van der Waals surface area (Å²) in [6, 6.07) is 11.0. The molecule has 0 bridgehead atoms. The summed E-state index contributed by atoms with van der Waals surface area (Å²) < 4.78 is 11.1. The zero-order valence-electron chi connectivity index (χ0n) is 16.8. The molecule has 0 aliphatic carbocycles. The smallest absolute Gasteiger partial charge is 0.281 e. The van der Waals surface area contributed by atoms with Crippen LogP contribution in [0.25, 0.3) is 10.2 Å². The number of anilines is 1. The number of ether oxygens (including phenoxy) is 1. The molecule has 0 atom stereocenters. The Kier molecular flexibility index (Phi) is 5.78. The van der Waals surface area contributed by atoms with E-state index < -0.39 is 27.1 Å². The van der Waals surface area contributed by atoms with Gasteiger partial charge >= 0.3 is 0 Å². The summed E-state index contributed by atoms with van der Waals surface area (Å²) in [5.41, 5.74) is -0.941. The second kappa shape index (κ2) is 8.84. The zero-order chi connectivity index (χ0) is 23.5. The van der Waals surface area contributed by atoms with Gasteiger partial charge in [-0.15, -0.1) is 0 Å². The fourth-order valence-corrected chi connectivity index (χ4v) is 3.78. The number of non-ortho nitro benzene ring substituents is 2. The number of amides is 1. The maximum absolute atomic E-state index is 13.3. The Balaban J connectivity index is 1.82. The summed E-state index contributed by atoms with van der Waals surface area (Å²) in [4.78, 5) is 38.6. The van der Waals surface area contributed by atoms with Crippen LogP contribution < -0.4 is 9.75 Å². The van der Waals surface area contributed by atoms with Gasteiger partial charge < -0.3 is 9.15 Å². The number of fused-ring (bicyclic) bond motifs is 1. The van der Waals surface area contributed by atoms with Crippen LogP contribution in [-0.4, -0.2) is 34.1 Å². The standard InChI is InChI=1S/C20H13N5O7S/c1-31-15-4-5-17-18(10-15)33-20(22-17)23(21-11-16-3-2-6-32-16)19(26)12-7-13(24(27)28)9-14(8-12)25(29)30/h2-11H,1H3/b21-11+. The number of hydrogen-bond donors (Lipinski definition) is 0. The number of hydrogen-bond acceptors (Lipinski definition) is 10. The summed E-state index contributed by atoms with van der Waals surface area (Å²) in [7, 11) is 1.52. The summed E-state index contributed by atoms with van der Waals surface area (Å²) in [6.07, 6.45) is 2.68. The lowest BCUT2D eigenvalue weighted by molar-refractivity contribution is -0.394. The molecule has 2 heterocycles. The SMILES string of the molecule is COc1ccc2nc(N(/N=C/c3ccco3)C(=O)c3cc([N+](=O)[O-])cc([N+](=O)[O-])c3)sc2c1. The van der Waals surface area contributed by atoms with Gasteiger partial charge in [-0.25, -0.2) is 4.98 Å². The van der Waals surface area contributed by atoms with E-state index in [0.29, 0.717) is 21.7 Å². The van der Waals surface area contributed by atoms with Gasteiger partial charge in [0, 0.05) is 12.1 Å². The predicted octanol–water partition coefficient (Wildman–Crippen LogP) is 4.40. The molecule has 2 aromatic heterocycles. The van der Waals surface area contributed by atoms with Gasteiger partial charge in [0.15, 0.2) is 0 Å². The first-order chi connectivity index (χ1) is 15.9. The average molecular weight is 467 g/mol. The molecule has 0 fully saturated rings. The van der Waals surface area contributed by atoms with Crippen LogP contribution in [0.5, 0.6) is 5.75 Å². The number of furan rings is 1. The van der Waals surface area contributed by atoms with Crippen molar-refractivity contribution >= 4 is 50.2 Å². The number of methoxy groups -OCH3 is 1. The van der Waals surface area contributed by atoms with Crippen LogP contribution in [0, 0.1) is 20.2 Å². The Hall–Kier alpha value is -4.65. The number of rotatable bonds is 7. The molecule has 0 radical (unpaired) electrons. The van der Waals surface area contributed by atoms with Crippen molar-refractivity contribution in [2.75, 3.05) is 12.1 Å². The summed E-state index contributed by atoms with van der Waals surface area (Å²) in [5, 5.41) is 27.7. The molecule has 166 valence electrons. The third-order valence-corrected chi connectivity index (χ3v) is 5.37. The van der Waals surface area contributed by atoms with Crippen molar-refractivity contribution in [2.24, 2.45) is 5.10 Å². The number of carbonyl (C=O) groups excluding carboxylic acids is 1. The first kappa shape index (κ1) is 21.6. The topological polar surface area (TPSA) is 154 Å². The molecular formula is C20H13N5O7S. The number of aromatic nitrogens is 1. The normalized spacial score (nSPS) is 11.1. The third-order valence-electron chi connectivity index (χ3n) is 4.37. The molecule has 4 aromatic rings. The van der Waals surface area contributed by atoms with Gasteiger partial charge in [-0.3, -0.25) is 25.0 Å². The first-order valence-electron chi connectivity index (χ1n) is 9.16. The molecule has 12 nitrogen and oxygen atoms in total. The van der Waals surface area contributed by atoms with E-state index in [1.165, 1.54) is 19.6 Å². The highest BCUT2D eigenvalue weighted by atomic mass is 32.1. The van der Waals surface area contributed by atoms with E-state index in [9.17, 15) is 25.0 Å². The summed E-state index contributed by atoms with van der Waals surface area (Å²) in [6.45, 7) is 0. The highest BCUT2D eigenvalue weighted by molar-refractivity contribution is 7.22. The lowest BCUT2D eigenvalue weighted by atomic mass is 10.1. The fraction of sp³-hybridized carbons (Fsp3) is 0.0500. The number of thiazole rings is 1. The van der Waals surface area contributed by atoms with Gasteiger partial charge in [0.25, 0.3) is 17.3 Å². The molecule has 0 aliphatic rings. The molecule has 1 amide bonds. The molecule has 0 saturated heterocycles. The van der Waals surface area contributed by atoms with Gasteiger partial charge in [-0.2, -0.15) is 10.1 Å². The van der Waals surface area contributed by atoms with Gasteiger partial charge in [-0.05, 0) is 30.3 Å². The number of nitrogens with zero attached hydrogens (tertiary/aromatic N) is 5. The number of nitro groups is 2. The van der Waals surface area contributed by atoms with Crippen molar-refractivity contribution in [2.45, 2.75) is 0 Å². The molecule has 13 heteroatoms. The van der Waals surface area contributed by atoms with E-state index >= 15 is 0 Å². The van der Waals surface area contributed by atoms with Crippen molar-refractivity contribution in [3.63, 3.8) is 0 Å². The Morgan fingerprint density at radius 3 is 2.48 bits per heavy atom. The average Bonchev–Trinajstić information content (AvgIpc) is 3.47. The largest absolute Gasteiger partial charge is 0.497 e. The van der Waals surface area contributed by atoms with Crippen molar-refractivity contribution in [1.82, 2.24) is 4.98 Å². The molecule has 0 spiro atoms. The minimum absolute atomic E-state index is 0.139. The van der Waals surface area contributed by atoms with Crippen LogP contribution in [0.1, 0.15) is 16.1 Å². The molecule has 2 aromatic carbocycles. The van der Waals surface area contributed by atoms with E-state index in [2.05, 4.69) is 10.1 Å². The quantitative estimate of drug-likeness (QED) is 0.220. The van der Waals surface area contributed by atoms with Crippen LogP contribution in [0.2, 0.25) is 0 Å². The molecule has 0 saturated carbocycles. The van der Waals surface area contributed by atoms with Gasteiger partial charge in [0.2, 0.25) is 5.13 Å². The highest BCUT2D eigenvalue weighted by Crippen LogP contribution is 2.33. The van der Waals surface area contributed by atoms with E-state index in [1.54, 1.807) is 30.3 Å². The molecule has 0 aliphatic heterocycles. The van der Waals surface area contributed by atoms with E-state index in [-0.39, 0.29) is 10.7 Å². The first-order valence-corrected chi connectivity index (χ1v) is 9.98. The third kappa shape index (κ3) is 4.52. The minimum atomic E-state index is -0.851. The Morgan fingerprint density at radius 2 is 1.88 bits per heavy atom. The van der Waals surface area contributed by atoms with Crippen LogP contribution >= 0.6 is 11.3 Å². The fourth-order valence-electron chi connectivity index (χ4n) is 2.83. The number of carbonyl (C=O) groups is 1. The predicted molar refractivity (Wildman–Crippen MR) is 119 cm³/mol. The van der Waals surface area contributed by atoms with Gasteiger partial charge in [-0.1, -0.05) is 11.3 Å². The van der Waals surface area contributed by atoms with E-state index in [1.807, 2.05) is 0 Å². The van der Waals surface area contributed by atoms with Crippen LogP contribution in [-0.2, 0) is 0 Å². The van der Waals surface area contributed by atoms with Gasteiger partial charge in [0.1, 0.15) is 11.5 Å². The zero-order valence-corrected chi connectivity index (χ0v) is 17.6. The Labute approximate surface area is 188 Å². The summed E-state index contributed by atoms with van der Waals surface area (Å²) in [5.74, 6) is 0.0696. The number of nitro benzene ring substituents is 2. The Bertz CT molecular complexity index is 1370. The number of hydrazone groups is 1. The van der Waals surface area contributed by atoms with E-state index in [4.69, 9.17) is 9.15 Å². The van der Waals surface area contributed by atoms with E-state index in [0.717, 1.165) is 34.5 Å². The van der Waals surface area contributed by atoms with Crippen molar-refractivity contribution < 1.29 is 23.8 Å². The van der Waals surface area contributed by atoms with Crippen molar-refractivity contribution in [3.05, 3.63) is 86.3 Å². The molecule has 0 unspecified atom stereocenters. The molecule has 0 N–H and O–H groups in total. The lowest BCUT2D eigenvalue weighted by Gasteiger charge is -2.13. The Morgan fingerprint density at radius 1 is 1.15 bits per heavy atom. The van der Waals surface area contributed by atoms with Crippen LogP contribution in [0.15, 0.2) is 64.3 Å². The van der Waals surface area contributed by atoms with Crippen molar-refractivity contribution in [1.29, 1.82) is 0 Å². The maximum atomic E-state index is 13.3. The van der Waals surface area contributed by atoms with Crippen LogP contribution in [0.3, 0.4) is 0 Å². The van der Waals surface area contributed by atoms with Crippen LogP contribution in [0.4, 0.5) is 16.5 Å². The maximum Gasteiger partial charge on any atom is 0.281 e. The lowest BCUT2D eigenvalue weighted by Crippen LogP contribution is -2.25. The molecule has 4 rings (SSSR count). The van der Waals surface area contributed by atoms with Crippen molar-refractivity contribution in [3.8, 4) is 5.75 Å². The van der Waals surface area contributed by atoms with Gasteiger partial charge in [0.05, 0.1) is 51.3 Å². The molecule has 33 heavy (non-hydrogen) atoms. The second-order valence-corrected chi connectivity index (χ2v) is 7.47. The monoisotopic (exact) mass is 467 g/mol.